The highest BCUT2D eigenvalue weighted by atomic mass is 16.5. The first-order valence-corrected chi connectivity index (χ1v) is 8.92. The summed E-state index contributed by atoms with van der Waals surface area (Å²) in [5.41, 5.74) is 0.770. The fourth-order valence-corrected chi connectivity index (χ4v) is 3.95. The Morgan fingerprint density at radius 2 is 1.84 bits per heavy atom. The zero-order chi connectivity index (χ0) is 17.1. The van der Waals surface area contributed by atoms with Gasteiger partial charge in [-0.2, -0.15) is 0 Å². The van der Waals surface area contributed by atoms with Gasteiger partial charge in [-0.05, 0) is 61.9 Å². The molecule has 1 aromatic carbocycles. The molecule has 1 saturated heterocycles. The second kappa shape index (κ2) is 7.09. The molecule has 1 N–H and O–H groups in total. The number of hydrogen-bond donors (Lipinski definition) is 1. The van der Waals surface area contributed by atoms with Crippen molar-refractivity contribution in [2.75, 3.05) is 11.9 Å². The van der Waals surface area contributed by atoms with Gasteiger partial charge >= 0.3 is 12.0 Å². The summed E-state index contributed by atoms with van der Waals surface area (Å²) in [6.07, 6.45) is 9.29. The van der Waals surface area contributed by atoms with Crippen LogP contribution < -0.4 is 10.1 Å². The van der Waals surface area contributed by atoms with Crippen LogP contribution in [-0.4, -0.2) is 33.5 Å². The molecule has 6 heteroatoms. The Bertz CT molecular complexity index is 720. The zero-order valence-corrected chi connectivity index (χ0v) is 14.1. The predicted molar refractivity (Wildman–Crippen MR) is 94.6 cm³/mol. The summed E-state index contributed by atoms with van der Waals surface area (Å²) in [5.74, 6) is 1.33. The van der Waals surface area contributed by atoms with Gasteiger partial charge in [0.05, 0.1) is 0 Å². The number of urea groups is 1. The SMILES string of the molecule is O=C(Nc1ccc(Oc2ncccn2)cc1)N1CCCC2CCCC21. The number of carbonyl (C=O) groups is 1. The van der Waals surface area contributed by atoms with Gasteiger partial charge in [0.25, 0.3) is 0 Å². The molecule has 2 fully saturated rings. The second-order valence-corrected chi connectivity index (χ2v) is 6.68. The highest BCUT2D eigenvalue weighted by Gasteiger charge is 2.37. The number of ether oxygens (including phenoxy) is 1. The molecule has 2 amide bonds. The van der Waals surface area contributed by atoms with E-state index in [9.17, 15) is 4.79 Å². The zero-order valence-electron chi connectivity index (χ0n) is 14.1. The molecule has 2 aliphatic rings. The van der Waals surface area contributed by atoms with Crippen molar-refractivity contribution in [3.8, 4) is 11.8 Å². The molecule has 1 aromatic heterocycles. The van der Waals surface area contributed by atoms with Crippen molar-refractivity contribution in [3.05, 3.63) is 42.7 Å². The molecule has 6 nitrogen and oxygen atoms in total. The van der Waals surface area contributed by atoms with Crippen LogP contribution in [0, 0.1) is 5.92 Å². The maximum atomic E-state index is 12.6. The van der Waals surface area contributed by atoms with Crippen LogP contribution in [0.25, 0.3) is 0 Å². The third-order valence-electron chi connectivity index (χ3n) is 5.11. The lowest BCUT2D eigenvalue weighted by atomic mass is 9.92. The quantitative estimate of drug-likeness (QED) is 0.916. The maximum absolute atomic E-state index is 12.6. The fraction of sp³-hybridized carbons (Fsp3) is 0.421. The third-order valence-corrected chi connectivity index (χ3v) is 5.11. The Labute approximate surface area is 147 Å². The number of benzene rings is 1. The van der Waals surface area contributed by atoms with Gasteiger partial charge in [-0.15, -0.1) is 0 Å². The van der Waals surface area contributed by atoms with Crippen molar-refractivity contribution in [3.63, 3.8) is 0 Å². The highest BCUT2D eigenvalue weighted by molar-refractivity contribution is 5.89. The summed E-state index contributed by atoms with van der Waals surface area (Å²) in [5, 5.41) is 3.02. The van der Waals surface area contributed by atoms with Crippen LogP contribution in [0.3, 0.4) is 0 Å². The third kappa shape index (κ3) is 3.57. The lowest BCUT2D eigenvalue weighted by Gasteiger charge is -2.37. The minimum atomic E-state index is 0.0108. The number of amides is 2. The molecule has 1 aliphatic heterocycles. The van der Waals surface area contributed by atoms with Gasteiger partial charge in [0.15, 0.2) is 0 Å². The minimum Gasteiger partial charge on any atom is -0.424 e. The number of likely N-dealkylation sites (tertiary alicyclic amines) is 1. The smallest absolute Gasteiger partial charge is 0.322 e. The minimum absolute atomic E-state index is 0.0108. The van der Waals surface area contributed by atoms with Crippen LogP contribution in [0.2, 0.25) is 0 Å². The molecule has 2 unspecified atom stereocenters. The number of hydrogen-bond acceptors (Lipinski definition) is 4. The fourth-order valence-electron chi connectivity index (χ4n) is 3.95. The molecular weight excluding hydrogens is 316 g/mol. The molecule has 4 rings (SSSR count). The summed E-state index contributed by atoms with van der Waals surface area (Å²) in [4.78, 5) is 22.7. The van der Waals surface area contributed by atoms with Gasteiger partial charge in [-0.3, -0.25) is 0 Å². The summed E-state index contributed by atoms with van der Waals surface area (Å²) < 4.78 is 5.57. The highest BCUT2D eigenvalue weighted by Crippen LogP contribution is 2.37. The summed E-state index contributed by atoms with van der Waals surface area (Å²) in [6, 6.07) is 9.77. The summed E-state index contributed by atoms with van der Waals surface area (Å²) in [6.45, 7) is 0.861. The standard InChI is InChI=1S/C19H22N4O2/c24-19(23-13-2-5-14-4-1-6-17(14)23)22-15-7-9-16(10-8-15)25-18-20-11-3-12-21-18/h3,7-12,14,17H,1-2,4-6,13H2,(H,22,24). The number of piperidine rings is 1. The molecule has 1 saturated carbocycles. The number of nitrogens with one attached hydrogen (secondary N) is 1. The molecule has 0 radical (unpaired) electrons. The first-order valence-electron chi connectivity index (χ1n) is 8.92. The Balaban J connectivity index is 1.38. The molecule has 1 aliphatic carbocycles. The Morgan fingerprint density at radius 3 is 2.64 bits per heavy atom. The molecule has 25 heavy (non-hydrogen) atoms. The van der Waals surface area contributed by atoms with E-state index in [0.717, 1.165) is 25.1 Å². The first kappa shape index (κ1) is 15.9. The monoisotopic (exact) mass is 338 g/mol. The van der Waals surface area contributed by atoms with Crippen LogP contribution in [0.1, 0.15) is 32.1 Å². The van der Waals surface area contributed by atoms with Crippen LogP contribution >= 0.6 is 0 Å². The van der Waals surface area contributed by atoms with E-state index < -0.39 is 0 Å². The topological polar surface area (TPSA) is 67.3 Å². The van der Waals surface area contributed by atoms with E-state index in [-0.39, 0.29) is 6.03 Å². The molecule has 130 valence electrons. The second-order valence-electron chi connectivity index (χ2n) is 6.68. The first-order chi connectivity index (χ1) is 12.3. The summed E-state index contributed by atoms with van der Waals surface area (Å²) in [7, 11) is 0. The largest absolute Gasteiger partial charge is 0.424 e. The van der Waals surface area contributed by atoms with Crippen LogP contribution in [0.4, 0.5) is 10.5 Å². The van der Waals surface area contributed by atoms with Crippen molar-refractivity contribution >= 4 is 11.7 Å². The van der Waals surface area contributed by atoms with E-state index in [1.165, 1.54) is 19.3 Å². The Morgan fingerprint density at radius 1 is 1.08 bits per heavy atom. The lowest BCUT2D eigenvalue weighted by molar-refractivity contribution is 0.138. The Hall–Kier alpha value is -2.63. The predicted octanol–water partition coefficient (Wildman–Crippen LogP) is 4.07. The lowest BCUT2D eigenvalue weighted by Crippen LogP contribution is -2.48. The molecule has 2 atom stereocenters. The van der Waals surface area contributed by atoms with Gasteiger partial charge in [0, 0.05) is 30.7 Å². The van der Waals surface area contributed by atoms with E-state index in [1.807, 2.05) is 17.0 Å². The van der Waals surface area contributed by atoms with Crippen LogP contribution in [0.15, 0.2) is 42.7 Å². The van der Waals surface area contributed by atoms with E-state index in [4.69, 9.17) is 4.74 Å². The van der Waals surface area contributed by atoms with Gasteiger partial charge in [-0.1, -0.05) is 6.42 Å². The summed E-state index contributed by atoms with van der Waals surface area (Å²) >= 11 is 0. The molecular formula is C19H22N4O2. The van der Waals surface area contributed by atoms with Crippen LogP contribution in [-0.2, 0) is 0 Å². The molecule has 0 spiro atoms. The van der Waals surface area contributed by atoms with Gasteiger partial charge in [0.1, 0.15) is 5.75 Å². The van der Waals surface area contributed by atoms with Crippen molar-refractivity contribution in [2.45, 2.75) is 38.1 Å². The molecule has 0 bridgehead atoms. The average molecular weight is 338 g/mol. The van der Waals surface area contributed by atoms with Crippen molar-refractivity contribution in [2.24, 2.45) is 5.92 Å². The van der Waals surface area contributed by atoms with Gasteiger partial charge in [0.2, 0.25) is 0 Å². The molecule has 2 aromatic rings. The number of rotatable bonds is 3. The number of carbonyl (C=O) groups excluding carboxylic acids is 1. The van der Waals surface area contributed by atoms with E-state index >= 15 is 0 Å². The van der Waals surface area contributed by atoms with Crippen molar-refractivity contribution in [1.29, 1.82) is 0 Å². The van der Waals surface area contributed by atoms with Crippen LogP contribution in [0.5, 0.6) is 11.8 Å². The number of aromatic nitrogens is 2. The number of fused-ring (bicyclic) bond motifs is 1. The average Bonchev–Trinajstić information content (AvgIpc) is 3.13. The van der Waals surface area contributed by atoms with Crippen molar-refractivity contribution in [1.82, 2.24) is 14.9 Å². The number of anilines is 1. The van der Waals surface area contributed by atoms with E-state index in [0.29, 0.717) is 23.7 Å². The Kier molecular flexibility index (Phi) is 4.50. The number of nitrogens with zero attached hydrogens (tertiary/aromatic N) is 3. The molecule has 2 heterocycles. The van der Waals surface area contributed by atoms with E-state index in [2.05, 4.69) is 15.3 Å². The van der Waals surface area contributed by atoms with Crippen molar-refractivity contribution < 1.29 is 9.53 Å². The van der Waals surface area contributed by atoms with E-state index in [1.54, 1.807) is 30.6 Å². The van der Waals surface area contributed by atoms with Gasteiger partial charge in [-0.25, -0.2) is 14.8 Å². The normalized spacial score (nSPS) is 22.3. The maximum Gasteiger partial charge on any atom is 0.322 e. The van der Waals surface area contributed by atoms with Gasteiger partial charge < -0.3 is 15.0 Å².